The highest BCUT2D eigenvalue weighted by Crippen LogP contribution is 2.45. The average Bonchev–Trinajstić information content (AvgIpc) is 3.72. The van der Waals surface area contributed by atoms with Gasteiger partial charge in [0.05, 0.1) is 5.69 Å². The summed E-state index contributed by atoms with van der Waals surface area (Å²) >= 11 is 1.88. The molecule has 0 aliphatic heterocycles. The molecular formula is C60H39NS. The Morgan fingerprint density at radius 1 is 0.242 bits per heavy atom. The first-order valence-electron chi connectivity index (χ1n) is 21.3. The molecule has 1 aromatic heterocycles. The Morgan fingerprint density at radius 3 is 1.31 bits per heavy atom. The van der Waals surface area contributed by atoms with Gasteiger partial charge in [0, 0.05) is 37.1 Å². The van der Waals surface area contributed by atoms with E-state index in [1.54, 1.807) is 0 Å². The fourth-order valence-corrected chi connectivity index (χ4v) is 10.7. The van der Waals surface area contributed by atoms with Gasteiger partial charge in [-0.15, -0.1) is 11.3 Å². The van der Waals surface area contributed by atoms with Crippen LogP contribution in [-0.2, 0) is 0 Å². The standard InChI is InChI=1S/C60H39NS/c1-3-17-40(18-4-1)41-31-33-43(34-32-41)61(58-29-15-13-21-45(58)42-19-5-2-6-20-42)44-35-36-52-50-26-10-9-24-48(50)46-22-7-8-23-47(46)49-25-11-12-27-51(49)56-39-60-57(38-55(56)54(52)37-44)53-28-14-16-30-59(53)62-60/h1-39H. The summed E-state index contributed by atoms with van der Waals surface area (Å²) in [6, 6.07) is 87.1. The smallest absolute Gasteiger partial charge is 0.0540 e. The van der Waals surface area contributed by atoms with E-state index in [0.717, 1.165) is 17.1 Å². The van der Waals surface area contributed by atoms with E-state index in [1.165, 1.54) is 96.3 Å². The molecule has 12 aromatic rings. The van der Waals surface area contributed by atoms with Crippen LogP contribution in [0.5, 0.6) is 0 Å². The zero-order chi connectivity index (χ0) is 41.0. The molecule has 1 heterocycles. The lowest BCUT2D eigenvalue weighted by Gasteiger charge is -2.28. The van der Waals surface area contributed by atoms with Crippen molar-refractivity contribution in [3.05, 3.63) is 237 Å². The van der Waals surface area contributed by atoms with E-state index in [2.05, 4.69) is 241 Å². The van der Waals surface area contributed by atoms with Gasteiger partial charge in [0.1, 0.15) is 0 Å². The first-order chi connectivity index (χ1) is 30.8. The number of para-hydroxylation sites is 1. The molecular weight excluding hydrogens is 767 g/mol. The highest BCUT2D eigenvalue weighted by atomic mass is 32.1. The predicted octanol–water partition coefficient (Wildman–Crippen LogP) is 17.7. The molecule has 0 fully saturated rings. The number of fused-ring (bicyclic) bond motifs is 13. The topological polar surface area (TPSA) is 3.24 Å². The maximum absolute atomic E-state index is 2.48. The second-order valence-electron chi connectivity index (χ2n) is 16.0. The van der Waals surface area contributed by atoms with Crippen molar-refractivity contribution in [2.45, 2.75) is 0 Å². The highest BCUT2D eigenvalue weighted by molar-refractivity contribution is 7.25. The number of benzene rings is 10. The van der Waals surface area contributed by atoms with Crippen LogP contribution in [0.1, 0.15) is 0 Å². The second kappa shape index (κ2) is 15.0. The lowest BCUT2D eigenvalue weighted by Crippen LogP contribution is -2.11. The van der Waals surface area contributed by atoms with Crippen molar-refractivity contribution in [3.8, 4) is 22.3 Å². The molecule has 0 atom stereocenters. The van der Waals surface area contributed by atoms with Crippen molar-refractivity contribution in [1.82, 2.24) is 0 Å². The molecule has 0 aliphatic carbocycles. The Kier molecular flexibility index (Phi) is 8.76. The van der Waals surface area contributed by atoms with E-state index in [4.69, 9.17) is 0 Å². The molecule has 0 unspecified atom stereocenters. The van der Waals surface area contributed by atoms with E-state index >= 15 is 0 Å². The van der Waals surface area contributed by atoms with Crippen molar-refractivity contribution in [2.75, 3.05) is 4.90 Å². The number of anilines is 3. The van der Waals surface area contributed by atoms with Gasteiger partial charge in [0.25, 0.3) is 0 Å². The largest absolute Gasteiger partial charge is 0.310 e. The molecule has 62 heavy (non-hydrogen) atoms. The number of hydrogen-bond donors (Lipinski definition) is 0. The van der Waals surface area contributed by atoms with Crippen molar-refractivity contribution in [3.63, 3.8) is 0 Å². The van der Waals surface area contributed by atoms with Crippen LogP contribution in [0, 0.1) is 0 Å². The van der Waals surface area contributed by atoms with Gasteiger partial charge in [0.15, 0.2) is 0 Å². The molecule has 0 saturated heterocycles. The third-order valence-electron chi connectivity index (χ3n) is 12.5. The van der Waals surface area contributed by atoms with Gasteiger partial charge in [-0.25, -0.2) is 0 Å². The van der Waals surface area contributed by atoms with Crippen molar-refractivity contribution < 1.29 is 0 Å². The van der Waals surface area contributed by atoms with Crippen LogP contribution in [0.4, 0.5) is 17.1 Å². The fraction of sp³-hybridized carbons (Fsp3) is 0. The average molecular weight is 806 g/mol. The van der Waals surface area contributed by atoms with Crippen molar-refractivity contribution in [1.29, 1.82) is 0 Å². The first-order valence-corrected chi connectivity index (χ1v) is 22.1. The maximum Gasteiger partial charge on any atom is 0.0540 e. The van der Waals surface area contributed by atoms with Gasteiger partial charge in [-0.1, -0.05) is 188 Å². The van der Waals surface area contributed by atoms with E-state index in [-0.39, 0.29) is 0 Å². The third-order valence-corrected chi connectivity index (χ3v) is 13.6. The van der Waals surface area contributed by atoms with Gasteiger partial charge >= 0.3 is 0 Å². The van der Waals surface area contributed by atoms with Gasteiger partial charge in [-0.3, -0.25) is 0 Å². The van der Waals surface area contributed by atoms with E-state index in [0.29, 0.717) is 0 Å². The van der Waals surface area contributed by atoms with Gasteiger partial charge in [-0.2, -0.15) is 0 Å². The molecule has 1 nitrogen and oxygen atoms in total. The monoisotopic (exact) mass is 805 g/mol. The summed E-state index contributed by atoms with van der Waals surface area (Å²) in [5.74, 6) is 0. The molecule has 0 radical (unpaired) electrons. The van der Waals surface area contributed by atoms with Gasteiger partial charge in [0.2, 0.25) is 0 Å². The number of rotatable bonds is 5. The summed E-state index contributed by atoms with van der Waals surface area (Å²) in [5, 5.41) is 14.8. The summed E-state index contributed by atoms with van der Waals surface area (Å²) in [6.07, 6.45) is 0. The van der Waals surface area contributed by atoms with E-state index < -0.39 is 0 Å². The molecule has 0 saturated carbocycles. The van der Waals surface area contributed by atoms with Crippen LogP contribution in [0.3, 0.4) is 0 Å². The predicted molar refractivity (Wildman–Crippen MR) is 270 cm³/mol. The Hall–Kier alpha value is -7.78. The Labute approximate surface area is 364 Å². The Bertz CT molecular complexity index is 3740. The molecule has 0 bridgehead atoms. The van der Waals surface area contributed by atoms with Crippen LogP contribution < -0.4 is 4.90 Å². The van der Waals surface area contributed by atoms with Crippen LogP contribution in [0.25, 0.3) is 96.3 Å². The third kappa shape index (κ3) is 6.07. The number of thiophene rings is 1. The molecule has 12 rings (SSSR count). The summed E-state index contributed by atoms with van der Waals surface area (Å²) in [6.45, 7) is 0. The van der Waals surface area contributed by atoms with Crippen LogP contribution in [-0.4, -0.2) is 0 Å². The number of nitrogens with zero attached hydrogens (tertiary/aromatic N) is 1. The normalized spacial score (nSPS) is 11.5. The van der Waals surface area contributed by atoms with E-state index in [1.807, 2.05) is 11.3 Å². The second-order valence-corrected chi connectivity index (χ2v) is 17.1. The molecule has 0 spiro atoms. The highest BCUT2D eigenvalue weighted by Gasteiger charge is 2.19. The minimum atomic E-state index is 1.09. The lowest BCUT2D eigenvalue weighted by atomic mass is 9.93. The van der Waals surface area contributed by atoms with Crippen LogP contribution in [0.15, 0.2) is 237 Å². The van der Waals surface area contributed by atoms with E-state index in [9.17, 15) is 0 Å². The van der Waals surface area contributed by atoms with Crippen molar-refractivity contribution in [2.24, 2.45) is 0 Å². The molecule has 0 amide bonds. The summed E-state index contributed by atoms with van der Waals surface area (Å²) in [4.78, 5) is 2.45. The van der Waals surface area contributed by atoms with Crippen LogP contribution in [0.2, 0.25) is 0 Å². The van der Waals surface area contributed by atoms with Gasteiger partial charge in [-0.05, 0) is 119 Å². The summed E-state index contributed by atoms with van der Waals surface area (Å²) in [5.41, 5.74) is 8.03. The van der Waals surface area contributed by atoms with Crippen molar-refractivity contribution >= 4 is 102 Å². The zero-order valence-electron chi connectivity index (χ0n) is 33.9. The lowest BCUT2D eigenvalue weighted by molar-refractivity contribution is 1.29. The summed E-state index contributed by atoms with van der Waals surface area (Å²) < 4.78 is 2.59. The number of hydrogen-bond acceptors (Lipinski definition) is 2. The first kappa shape index (κ1) is 36.1. The molecule has 290 valence electrons. The minimum Gasteiger partial charge on any atom is -0.310 e. The van der Waals surface area contributed by atoms with Gasteiger partial charge < -0.3 is 4.90 Å². The SMILES string of the molecule is c1ccc(-c2ccc(N(c3ccc4c5ccccc5c5ccccc5c5ccccc5c5cc6sc7ccccc7c6cc5c4c3)c3ccccc3-c3ccccc3)cc2)cc1. The zero-order valence-corrected chi connectivity index (χ0v) is 34.7. The molecule has 0 N–H and O–H groups in total. The van der Waals surface area contributed by atoms with Crippen LogP contribution >= 0.6 is 11.3 Å². The Morgan fingerprint density at radius 2 is 0.677 bits per heavy atom. The Balaban J connectivity index is 1.26. The molecule has 2 heteroatoms. The fourth-order valence-electron chi connectivity index (χ4n) is 9.60. The quantitative estimate of drug-likeness (QED) is 0.167. The summed E-state index contributed by atoms with van der Waals surface area (Å²) in [7, 11) is 0. The molecule has 11 aromatic carbocycles. The maximum atomic E-state index is 2.48. The molecule has 0 aliphatic rings. The minimum absolute atomic E-state index is 1.09.